The lowest BCUT2D eigenvalue weighted by molar-refractivity contribution is -0.0670. The first-order valence-electron chi connectivity index (χ1n) is 10.1. The Hall–Kier alpha value is -1.80. The van der Waals surface area contributed by atoms with E-state index in [4.69, 9.17) is 18.9 Å². The monoisotopic (exact) mass is 465 g/mol. The quantitative estimate of drug-likeness (QED) is 0.648. The van der Waals surface area contributed by atoms with Crippen molar-refractivity contribution in [3.8, 4) is 0 Å². The Morgan fingerprint density at radius 3 is 2.48 bits per heavy atom. The van der Waals surface area contributed by atoms with Gasteiger partial charge in [-0.05, 0) is 60.3 Å². The molecule has 1 aromatic carbocycles. The van der Waals surface area contributed by atoms with Gasteiger partial charge < -0.3 is 18.8 Å². The molecule has 29 heavy (non-hydrogen) atoms. The number of hydrogen-bond acceptors (Lipinski definition) is 6. The van der Waals surface area contributed by atoms with Gasteiger partial charge in [0.05, 0.1) is 29.8 Å². The summed E-state index contributed by atoms with van der Waals surface area (Å²) in [5.74, 6) is 0.407. The van der Waals surface area contributed by atoms with Crippen LogP contribution in [0.25, 0.3) is 11.1 Å². The zero-order valence-electron chi connectivity index (χ0n) is 17.6. The number of halogens is 1. The van der Waals surface area contributed by atoms with Crippen molar-refractivity contribution in [2.24, 2.45) is 0 Å². The molecule has 0 radical (unpaired) electrons. The molecule has 0 aliphatic carbocycles. The highest BCUT2D eigenvalue weighted by molar-refractivity contribution is 9.10. The summed E-state index contributed by atoms with van der Waals surface area (Å²) in [6.07, 6.45) is -0.280. The van der Waals surface area contributed by atoms with Gasteiger partial charge in [-0.3, -0.25) is 4.90 Å². The Labute approximate surface area is 179 Å². The first kappa shape index (κ1) is 20.5. The van der Waals surface area contributed by atoms with Crippen molar-refractivity contribution < 1.29 is 18.7 Å². The van der Waals surface area contributed by atoms with E-state index in [2.05, 4.69) is 46.8 Å². The van der Waals surface area contributed by atoms with Crippen LogP contribution in [0.5, 0.6) is 0 Å². The zero-order valence-corrected chi connectivity index (χ0v) is 19.2. The molecule has 2 fully saturated rings. The summed E-state index contributed by atoms with van der Waals surface area (Å²) in [7, 11) is 0. The van der Waals surface area contributed by atoms with Crippen LogP contribution in [0, 0.1) is 0 Å². The average Bonchev–Trinajstić information content (AvgIpc) is 3.03. The number of carbonyl (C=O) groups excluding carboxylic acids is 1. The molecule has 2 aromatic rings. The van der Waals surface area contributed by atoms with Gasteiger partial charge in [-0.25, -0.2) is 4.79 Å². The van der Waals surface area contributed by atoms with Crippen molar-refractivity contribution in [3.05, 3.63) is 22.2 Å². The van der Waals surface area contributed by atoms with E-state index in [1.165, 1.54) is 5.56 Å². The van der Waals surface area contributed by atoms with Crippen molar-refractivity contribution in [1.29, 1.82) is 0 Å². The molecule has 3 heterocycles. The maximum Gasteiger partial charge on any atom is 0.411 e. The van der Waals surface area contributed by atoms with Crippen molar-refractivity contribution >= 4 is 39.1 Å². The summed E-state index contributed by atoms with van der Waals surface area (Å²) >= 11 is 3.62. The van der Waals surface area contributed by atoms with Gasteiger partial charge >= 0.3 is 6.09 Å². The Morgan fingerprint density at radius 1 is 1.24 bits per heavy atom. The van der Waals surface area contributed by atoms with Crippen LogP contribution < -0.4 is 4.90 Å². The SMILES string of the molecule is CC(C)c1cc(Br)c2oc(N3CC4COCC(C3)N4C(=O)OC(C)(C)C)nc2c1. The summed E-state index contributed by atoms with van der Waals surface area (Å²) in [6.45, 7) is 12.1. The third-order valence-electron chi connectivity index (χ3n) is 5.27. The number of ether oxygens (including phenoxy) is 2. The second-order valence-electron chi connectivity index (χ2n) is 9.14. The number of piperazine rings is 1. The van der Waals surface area contributed by atoms with Gasteiger partial charge in [-0.15, -0.1) is 0 Å². The van der Waals surface area contributed by atoms with Crippen LogP contribution in [0.1, 0.15) is 46.1 Å². The third kappa shape index (κ3) is 4.10. The lowest BCUT2D eigenvalue weighted by atomic mass is 10.0. The third-order valence-corrected chi connectivity index (χ3v) is 5.86. The fraction of sp³-hybridized carbons (Fsp3) is 0.619. The van der Waals surface area contributed by atoms with E-state index >= 15 is 0 Å². The molecular formula is C21H28BrN3O4. The van der Waals surface area contributed by atoms with Gasteiger partial charge in [-0.1, -0.05) is 13.8 Å². The Balaban J connectivity index is 1.59. The highest BCUT2D eigenvalue weighted by atomic mass is 79.9. The zero-order chi connectivity index (χ0) is 20.9. The van der Waals surface area contributed by atoms with Crippen molar-refractivity contribution in [1.82, 2.24) is 9.88 Å². The minimum atomic E-state index is -0.524. The van der Waals surface area contributed by atoms with Crippen LogP contribution in [-0.4, -0.2) is 60.0 Å². The molecule has 7 nitrogen and oxygen atoms in total. The van der Waals surface area contributed by atoms with Crippen molar-refractivity contribution in [2.45, 2.75) is 58.2 Å². The number of aromatic nitrogens is 1. The molecule has 2 aliphatic rings. The van der Waals surface area contributed by atoms with Gasteiger partial charge in [0, 0.05) is 13.1 Å². The van der Waals surface area contributed by atoms with Gasteiger partial charge in [0.2, 0.25) is 0 Å². The molecule has 0 saturated carbocycles. The summed E-state index contributed by atoms with van der Waals surface area (Å²) in [5, 5.41) is 0. The first-order chi connectivity index (χ1) is 13.6. The molecule has 2 saturated heterocycles. The predicted octanol–water partition coefficient (Wildman–Crippen LogP) is 4.54. The summed E-state index contributed by atoms with van der Waals surface area (Å²) < 4.78 is 18.4. The number of rotatable bonds is 2. The molecule has 0 N–H and O–H groups in total. The van der Waals surface area contributed by atoms with E-state index in [-0.39, 0.29) is 18.2 Å². The lowest BCUT2D eigenvalue weighted by Crippen LogP contribution is -2.66. The van der Waals surface area contributed by atoms with E-state index in [1.54, 1.807) is 0 Å². The summed E-state index contributed by atoms with van der Waals surface area (Å²) in [5.41, 5.74) is 2.28. The highest BCUT2D eigenvalue weighted by Crippen LogP contribution is 2.34. The van der Waals surface area contributed by atoms with Gasteiger partial charge in [0.1, 0.15) is 11.1 Å². The summed E-state index contributed by atoms with van der Waals surface area (Å²) in [6, 6.07) is 4.57. The maximum atomic E-state index is 12.7. The number of anilines is 1. The van der Waals surface area contributed by atoms with Crippen LogP contribution in [0.3, 0.4) is 0 Å². The minimum Gasteiger partial charge on any atom is -0.444 e. The van der Waals surface area contributed by atoms with Crippen LogP contribution in [0.15, 0.2) is 21.0 Å². The molecule has 2 atom stereocenters. The number of hydrogen-bond donors (Lipinski definition) is 0. The van der Waals surface area contributed by atoms with E-state index in [0.717, 1.165) is 15.6 Å². The fourth-order valence-electron chi connectivity index (χ4n) is 3.90. The minimum absolute atomic E-state index is 0.0953. The molecule has 8 heteroatoms. The second kappa shape index (κ2) is 7.47. The number of amides is 1. The van der Waals surface area contributed by atoms with Gasteiger partial charge in [0.25, 0.3) is 6.01 Å². The molecule has 4 rings (SSSR count). The van der Waals surface area contributed by atoms with Crippen molar-refractivity contribution in [2.75, 3.05) is 31.2 Å². The largest absolute Gasteiger partial charge is 0.444 e. The number of carbonyl (C=O) groups is 1. The Kier molecular flexibility index (Phi) is 5.27. The fourth-order valence-corrected chi connectivity index (χ4v) is 4.45. The average molecular weight is 466 g/mol. The normalized spacial score (nSPS) is 22.4. The lowest BCUT2D eigenvalue weighted by Gasteiger charge is -2.48. The van der Waals surface area contributed by atoms with E-state index in [1.807, 2.05) is 25.7 Å². The molecular weight excluding hydrogens is 438 g/mol. The smallest absolute Gasteiger partial charge is 0.411 e. The molecule has 158 valence electrons. The molecule has 2 unspecified atom stereocenters. The summed E-state index contributed by atoms with van der Waals surface area (Å²) in [4.78, 5) is 21.4. The molecule has 2 aliphatic heterocycles. The molecule has 1 aromatic heterocycles. The van der Waals surface area contributed by atoms with Gasteiger partial charge in [0.15, 0.2) is 5.58 Å². The highest BCUT2D eigenvalue weighted by Gasteiger charge is 2.43. The number of morpholine rings is 1. The first-order valence-corrected chi connectivity index (χ1v) is 10.9. The number of oxazole rings is 1. The van der Waals surface area contributed by atoms with Gasteiger partial charge in [-0.2, -0.15) is 4.98 Å². The molecule has 1 amide bonds. The maximum absolute atomic E-state index is 12.7. The second-order valence-corrected chi connectivity index (χ2v) is 9.99. The van der Waals surface area contributed by atoms with Crippen LogP contribution >= 0.6 is 15.9 Å². The number of fused-ring (bicyclic) bond motifs is 3. The van der Waals surface area contributed by atoms with Crippen LogP contribution in [0.4, 0.5) is 10.8 Å². The molecule has 2 bridgehead atoms. The Morgan fingerprint density at radius 2 is 1.90 bits per heavy atom. The van der Waals surface area contributed by atoms with Crippen LogP contribution in [-0.2, 0) is 9.47 Å². The van der Waals surface area contributed by atoms with Crippen LogP contribution in [0.2, 0.25) is 0 Å². The topological polar surface area (TPSA) is 68.0 Å². The number of benzene rings is 1. The molecule has 0 spiro atoms. The van der Waals surface area contributed by atoms with E-state index in [0.29, 0.717) is 38.2 Å². The van der Waals surface area contributed by atoms with Crippen molar-refractivity contribution in [3.63, 3.8) is 0 Å². The standard InChI is InChI=1S/C21H28BrN3O4/c1-12(2)13-6-16(22)18-17(7-13)23-19(28-18)24-8-14-10-27-11-15(9-24)25(14)20(26)29-21(3,4)5/h6-7,12,14-15H,8-11H2,1-5H3. The van der Waals surface area contributed by atoms with E-state index < -0.39 is 5.60 Å². The number of nitrogens with zero attached hydrogens (tertiary/aromatic N) is 3. The Bertz CT molecular complexity index is 907. The predicted molar refractivity (Wildman–Crippen MR) is 114 cm³/mol. The van der Waals surface area contributed by atoms with E-state index in [9.17, 15) is 4.79 Å².